The molecule has 0 spiro atoms. The third-order valence-corrected chi connectivity index (χ3v) is 4.12. The van der Waals surface area contributed by atoms with Crippen molar-refractivity contribution >= 4 is 11.7 Å². The van der Waals surface area contributed by atoms with E-state index in [2.05, 4.69) is 10.6 Å². The molecule has 2 rings (SSSR count). The lowest BCUT2D eigenvalue weighted by Gasteiger charge is -2.20. The second-order valence-corrected chi connectivity index (χ2v) is 5.91. The van der Waals surface area contributed by atoms with Crippen LogP contribution in [0.4, 0.5) is 10.5 Å². The van der Waals surface area contributed by atoms with Crippen molar-refractivity contribution in [1.82, 2.24) is 5.32 Å². The van der Waals surface area contributed by atoms with Gasteiger partial charge in [-0.3, -0.25) is 0 Å². The van der Waals surface area contributed by atoms with Gasteiger partial charge in [-0.25, -0.2) is 4.79 Å². The van der Waals surface area contributed by atoms with E-state index in [0.717, 1.165) is 34.7 Å². The fraction of sp³-hybridized carbons (Fsp3) is 0.350. The number of benzene rings is 2. The van der Waals surface area contributed by atoms with E-state index in [4.69, 9.17) is 9.47 Å². The highest BCUT2D eigenvalue weighted by molar-refractivity contribution is 5.89. The maximum absolute atomic E-state index is 12.2. The highest BCUT2D eigenvalue weighted by Crippen LogP contribution is 2.29. The SMILES string of the molecule is CC[C@@H](Cc1cc(OC)c(C)cc1OC)NC(=O)Nc1ccccc1. The Morgan fingerprint density at radius 1 is 1.08 bits per heavy atom. The van der Waals surface area contributed by atoms with Gasteiger partial charge in [-0.05, 0) is 55.2 Å². The molecule has 0 heterocycles. The maximum atomic E-state index is 12.2. The molecule has 2 aromatic carbocycles. The van der Waals surface area contributed by atoms with Crippen molar-refractivity contribution in [2.24, 2.45) is 0 Å². The first kappa shape index (κ1) is 18.6. The summed E-state index contributed by atoms with van der Waals surface area (Å²) in [4.78, 5) is 12.2. The fourth-order valence-electron chi connectivity index (χ4n) is 2.71. The van der Waals surface area contributed by atoms with Crippen LogP contribution in [0.25, 0.3) is 0 Å². The Balaban J connectivity index is 2.07. The fourth-order valence-corrected chi connectivity index (χ4v) is 2.71. The average Bonchev–Trinajstić information content (AvgIpc) is 2.62. The second kappa shape index (κ2) is 8.97. The molecule has 134 valence electrons. The number of ether oxygens (including phenoxy) is 2. The summed E-state index contributed by atoms with van der Waals surface area (Å²) in [6.45, 7) is 4.03. The molecule has 0 fully saturated rings. The van der Waals surface area contributed by atoms with E-state index in [1.807, 2.05) is 56.3 Å². The van der Waals surface area contributed by atoms with Gasteiger partial charge in [-0.2, -0.15) is 0 Å². The lowest BCUT2D eigenvalue weighted by atomic mass is 10.0. The molecule has 5 nitrogen and oxygen atoms in total. The molecule has 0 bridgehead atoms. The van der Waals surface area contributed by atoms with Gasteiger partial charge in [-0.1, -0.05) is 25.1 Å². The topological polar surface area (TPSA) is 59.6 Å². The number of para-hydroxylation sites is 1. The molecule has 25 heavy (non-hydrogen) atoms. The summed E-state index contributed by atoms with van der Waals surface area (Å²) in [6, 6.07) is 13.1. The van der Waals surface area contributed by atoms with Gasteiger partial charge in [-0.15, -0.1) is 0 Å². The van der Waals surface area contributed by atoms with Crippen molar-refractivity contribution in [2.45, 2.75) is 32.7 Å². The highest BCUT2D eigenvalue weighted by Gasteiger charge is 2.16. The lowest BCUT2D eigenvalue weighted by molar-refractivity contribution is 0.248. The third-order valence-electron chi connectivity index (χ3n) is 4.12. The summed E-state index contributed by atoms with van der Waals surface area (Å²) < 4.78 is 10.9. The third kappa shape index (κ3) is 5.14. The molecule has 0 radical (unpaired) electrons. The summed E-state index contributed by atoms with van der Waals surface area (Å²) in [5, 5.41) is 5.87. The van der Waals surface area contributed by atoms with Crippen molar-refractivity contribution in [1.29, 1.82) is 0 Å². The number of anilines is 1. The zero-order valence-corrected chi connectivity index (χ0v) is 15.3. The number of hydrogen-bond donors (Lipinski definition) is 2. The zero-order chi connectivity index (χ0) is 18.2. The van der Waals surface area contributed by atoms with E-state index in [1.54, 1.807) is 14.2 Å². The Bertz CT molecular complexity index is 702. The second-order valence-electron chi connectivity index (χ2n) is 5.91. The van der Waals surface area contributed by atoms with Gasteiger partial charge in [0.1, 0.15) is 11.5 Å². The minimum atomic E-state index is -0.212. The van der Waals surface area contributed by atoms with Crippen LogP contribution in [-0.4, -0.2) is 26.3 Å². The molecule has 0 saturated heterocycles. The summed E-state index contributed by atoms with van der Waals surface area (Å²) in [5.41, 5.74) is 2.80. The number of aryl methyl sites for hydroxylation is 1. The molecule has 1 atom stereocenters. The number of rotatable bonds is 7. The highest BCUT2D eigenvalue weighted by atomic mass is 16.5. The number of urea groups is 1. The van der Waals surface area contributed by atoms with Gasteiger partial charge in [0, 0.05) is 11.7 Å². The molecule has 2 N–H and O–H groups in total. The lowest BCUT2D eigenvalue weighted by Crippen LogP contribution is -2.39. The first-order chi connectivity index (χ1) is 12.1. The van der Waals surface area contributed by atoms with Crippen LogP contribution in [0, 0.1) is 6.92 Å². The van der Waals surface area contributed by atoms with Gasteiger partial charge in [0.2, 0.25) is 0 Å². The van der Waals surface area contributed by atoms with Crippen LogP contribution >= 0.6 is 0 Å². The smallest absolute Gasteiger partial charge is 0.319 e. The largest absolute Gasteiger partial charge is 0.496 e. The predicted octanol–water partition coefficient (Wildman–Crippen LogP) is 4.16. The average molecular weight is 342 g/mol. The van der Waals surface area contributed by atoms with Crippen LogP contribution in [0.5, 0.6) is 11.5 Å². The Hall–Kier alpha value is -2.69. The van der Waals surface area contributed by atoms with Crippen molar-refractivity contribution in [2.75, 3.05) is 19.5 Å². The van der Waals surface area contributed by atoms with Gasteiger partial charge >= 0.3 is 6.03 Å². The molecule has 0 aliphatic rings. The molecule has 5 heteroatoms. The van der Waals surface area contributed by atoms with Crippen LogP contribution < -0.4 is 20.1 Å². The van der Waals surface area contributed by atoms with Gasteiger partial charge in [0.05, 0.1) is 14.2 Å². The minimum absolute atomic E-state index is 0.00924. The van der Waals surface area contributed by atoms with Crippen LogP contribution in [0.3, 0.4) is 0 Å². The summed E-state index contributed by atoms with van der Waals surface area (Å²) in [6.07, 6.45) is 1.47. The van der Waals surface area contributed by atoms with E-state index in [9.17, 15) is 4.79 Å². The molecule has 0 saturated carbocycles. The zero-order valence-electron chi connectivity index (χ0n) is 15.3. The number of amides is 2. The number of hydrogen-bond acceptors (Lipinski definition) is 3. The van der Waals surface area contributed by atoms with Crippen molar-refractivity contribution in [3.05, 3.63) is 53.6 Å². The molecule has 2 amide bonds. The van der Waals surface area contributed by atoms with E-state index in [-0.39, 0.29) is 12.1 Å². The van der Waals surface area contributed by atoms with Gasteiger partial charge in [0.15, 0.2) is 0 Å². The molecule has 0 aliphatic heterocycles. The Morgan fingerprint density at radius 2 is 1.76 bits per heavy atom. The van der Waals surface area contributed by atoms with Crippen LogP contribution in [0.2, 0.25) is 0 Å². The van der Waals surface area contributed by atoms with Gasteiger partial charge < -0.3 is 20.1 Å². The normalized spacial score (nSPS) is 11.5. The Kier molecular flexibility index (Phi) is 6.69. The summed E-state index contributed by atoms with van der Waals surface area (Å²) in [7, 11) is 3.31. The molecular formula is C20H26N2O3. The van der Waals surface area contributed by atoms with E-state index in [0.29, 0.717) is 6.42 Å². The monoisotopic (exact) mass is 342 g/mol. The van der Waals surface area contributed by atoms with E-state index in [1.165, 1.54) is 0 Å². The molecule has 0 aliphatic carbocycles. The van der Waals surface area contributed by atoms with Crippen LogP contribution in [0.15, 0.2) is 42.5 Å². The summed E-state index contributed by atoms with van der Waals surface area (Å²) >= 11 is 0. The Morgan fingerprint density at radius 3 is 2.36 bits per heavy atom. The predicted molar refractivity (Wildman–Crippen MR) is 101 cm³/mol. The van der Waals surface area contributed by atoms with Gasteiger partial charge in [0.25, 0.3) is 0 Å². The number of nitrogens with one attached hydrogen (secondary N) is 2. The minimum Gasteiger partial charge on any atom is -0.496 e. The van der Waals surface area contributed by atoms with Crippen molar-refractivity contribution in [3.63, 3.8) is 0 Å². The first-order valence-corrected chi connectivity index (χ1v) is 8.41. The van der Waals surface area contributed by atoms with Crippen LogP contribution in [-0.2, 0) is 6.42 Å². The standard InChI is InChI=1S/C20H26N2O3/c1-5-16(21-20(23)22-17-9-7-6-8-10-17)12-15-13-18(24-3)14(2)11-19(15)25-4/h6-11,13,16H,5,12H2,1-4H3,(H2,21,22,23)/t16-/m0/s1. The quantitative estimate of drug-likeness (QED) is 0.794. The number of carbonyl (C=O) groups is 1. The van der Waals surface area contributed by atoms with Crippen molar-refractivity contribution in [3.8, 4) is 11.5 Å². The number of carbonyl (C=O) groups excluding carboxylic acids is 1. The molecule has 0 unspecified atom stereocenters. The number of methoxy groups -OCH3 is 2. The van der Waals surface area contributed by atoms with Crippen LogP contribution in [0.1, 0.15) is 24.5 Å². The van der Waals surface area contributed by atoms with E-state index < -0.39 is 0 Å². The van der Waals surface area contributed by atoms with E-state index >= 15 is 0 Å². The maximum Gasteiger partial charge on any atom is 0.319 e. The first-order valence-electron chi connectivity index (χ1n) is 8.41. The van der Waals surface area contributed by atoms with Crippen molar-refractivity contribution < 1.29 is 14.3 Å². The summed E-state index contributed by atoms with van der Waals surface area (Å²) in [5.74, 6) is 1.63. The molecule has 2 aromatic rings. The Labute approximate surface area is 149 Å². The molecule has 0 aromatic heterocycles. The molecular weight excluding hydrogens is 316 g/mol.